The molecule has 2 aromatic rings. The molecule has 1 N–H and O–H groups in total. The Bertz CT molecular complexity index is 631. The summed E-state index contributed by atoms with van der Waals surface area (Å²) in [6.07, 6.45) is 2.57. The Hall–Kier alpha value is -1.71. The van der Waals surface area contributed by atoms with Gasteiger partial charge in [0.25, 0.3) is 0 Å². The highest BCUT2D eigenvalue weighted by atomic mass is 35.5. The summed E-state index contributed by atoms with van der Waals surface area (Å²) in [7, 11) is 0. The van der Waals surface area contributed by atoms with E-state index in [0.717, 1.165) is 17.7 Å². The van der Waals surface area contributed by atoms with Crippen LogP contribution in [0.4, 0.5) is 5.69 Å². The van der Waals surface area contributed by atoms with Crippen LogP contribution in [-0.4, -0.2) is 12.8 Å². The maximum absolute atomic E-state index is 6.19. The summed E-state index contributed by atoms with van der Waals surface area (Å²) in [5.74, 6) is 0.522. The molecule has 116 valence electrons. The molecule has 0 aliphatic rings. The number of halogens is 2. The zero-order valence-corrected chi connectivity index (χ0v) is 14.1. The lowest BCUT2D eigenvalue weighted by molar-refractivity contribution is 0.318. The van der Waals surface area contributed by atoms with E-state index >= 15 is 0 Å². The van der Waals surface area contributed by atoms with Crippen molar-refractivity contribution in [1.29, 1.82) is 0 Å². The van der Waals surface area contributed by atoms with Gasteiger partial charge in [-0.3, -0.25) is 5.43 Å². The van der Waals surface area contributed by atoms with Gasteiger partial charge in [0.15, 0.2) is 5.75 Å². The lowest BCUT2D eigenvalue weighted by atomic mass is 10.2. The van der Waals surface area contributed by atoms with Crippen LogP contribution < -0.4 is 10.2 Å². The zero-order valence-electron chi connectivity index (χ0n) is 12.6. The van der Waals surface area contributed by atoms with Crippen LogP contribution in [-0.2, 0) is 0 Å². The summed E-state index contributed by atoms with van der Waals surface area (Å²) in [5, 5.41) is 5.15. The highest BCUT2D eigenvalue weighted by Gasteiger charge is 2.08. The van der Waals surface area contributed by atoms with E-state index in [2.05, 4.69) is 10.5 Å². The van der Waals surface area contributed by atoms with Crippen LogP contribution in [0.25, 0.3) is 0 Å². The predicted molar refractivity (Wildman–Crippen MR) is 94.6 cm³/mol. The van der Waals surface area contributed by atoms with E-state index in [1.54, 1.807) is 18.3 Å². The van der Waals surface area contributed by atoms with Crippen LogP contribution in [0.2, 0.25) is 10.0 Å². The first-order valence-electron chi connectivity index (χ1n) is 7.07. The fourth-order valence-electron chi connectivity index (χ4n) is 1.81. The van der Waals surface area contributed by atoms with Gasteiger partial charge in [0.05, 0.1) is 28.6 Å². The minimum absolute atomic E-state index is 0.484. The Morgan fingerprint density at radius 3 is 2.36 bits per heavy atom. The first-order chi connectivity index (χ1) is 10.6. The highest BCUT2D eigenvalue weighted by Crippen LogP contribution is 2.33. The SMILES string of the molecule is CCCOc1c(Cl)cc(/C=N/Nc2ccc(C)cc2)cc1Cl. The molecule has 22 heavy (non-hydrogen) atoms. The molecular weight excluding hydrogens is 319 g/mol. The minimum atomic E-state index is 0.484. The quantitative estimate of drug-likeness (QED) is 0.555. The molecule has 0 aliphatic carbocycles. The van der Waals surface area contributed by atoms with Gasteiger partial charge >= 0.3 is 0 Å². The summed E-state index contributed by atoms with van der Waals surface area (Å²) in [6, 6.07) is 11.5. The van der Waals surface area contributed by atoms with E-state index in [9.17, 15) is 0 Å². The van der Waals surface area contributed by atoms with E-state index in [-0.39, 0.29) is 0 Å². The van der Waals surface area contributed by atoms with Crippen LogP contribution >= 0.6 is 23.2 Å². The largest absolute Gasteiger partial charge is 0.490 e. The van der Waals surface area contributed by atoms with Gasteiger partial charge in [0, 0.05) is 0 Å². The first kappa shape index (κ1) is 16.7. The third-order valence-electron chi connectivity index (χ3n) is 2.93. The summed E-state index contributed by atoms with van der Waals surface area (Å²) in [5.41, 5.74) is 5.89. The van der Waals surface area contributed by atoms with Gasteiger partial charge in [-0.25, -0.2) is 0 Å². The number of hydrogen-bond acceptors (Lipinski definition) is 3. The maximum Gasteiger partial charge on any atom is 0.156 e. The van der Waals surface area contributed by atoms with E-state index in [0.29, 0.717) is 22.4 Å². The fraction of sp³-hybridized carbons (Fsp3) is 0.235. The minimum Gasteiger partial charge on any atom is -0.490 e. The van der Waals surface area contributed by atoms with Crippen molar-refractivity contribution in [3.05, 3.63) is 57.6 Å². The number of hydrazone groups is 1. The molecule has 2 aromatic carbocycles. The number of nitrogens with one attached hydrogen (secondary N) is 1. The number of nitrogens with zero attached hydrogens (tertiary/aromatic N) is 1. The molecule has 0 radical (unpaired) electrons. The molecule has 0 bridgehead atoms. The number of anilines is 1. The molecule has 0 saturated carbocycles. The molecule has 0 fully saturated rings. The van der Waals surface area contributed by atoms with Crippen LogP contribution in [0.3, 0.4) is 0 Å². The number of ether oxygens (including phenoxy) is 1. The monoisotopic (exact) mass is 336 g/mol. The van der Waals surface area contributed by atoms with Crippen LogP contribution in [0, 0.1) is 6.92 Å². The fourth-order valence-corrected chi connectivity index (χ4v) is 2.42. The normalized spacial score (nSPS) is 10.9. The predicted octanol–water partition coefficient (Wildman–Crippen LogP) is 5.54. The van der Waals surface area contributed by atoms with E-state index in [1.165, 1.54) is 5.56 Å². The van der Waals surface area contributed by atoms with Crippen LogP contribution in [0.1, 0.15) is 24.5 Å². The van der Waals surface area contributed by atoms with Crippen molar-refractivity contribution in [2.45, 2.75) is 20.3 Å². The molecule has 3 nitrogen and oxygen atoms in total. The van der Waals surface area contributed by atoms with Gasteiger partial charge < -0.3 is 4.74 Å². The van der Waals surface area contributed by atoms with Gasteiger partial charge in [-0.15, -0.1) is 0 Å². The summed E-state index contributed by atoms with van der Waals surface area (Å²) in [6.45, 7) is 4.65. The smallest absolute Gasteiger partial charge is 0.156 e. The van der Waals surface area contributed by atoms with Gasteiger partial charge in [-0.2, -0.15) is 5.10 Å². The van der Waals surface area contributed by atoms with E-state index in [4.69, 9.17) is 27.9 Å². The van der Waals surface area contributed by atoms with Crippen molar-refractivity contribution in [2.75, 3.05) is 12.0 Å². The van der Waals surface area contributed by atoms with Crippen molar-refractivity contribution < 1.29 is 4.74 Å². The Labute approximate surface area is 140 Å². The Balaban J connectivity index is 2.06. The molecule has 0 saturated heterocycles. The summed E-state index contributed by atoms with van der Waals surface area (Å²) in [4.78, 5) is 0. The second kappa shape index (κ2) is 8.06. The second-order valence-electron chi connectivity index (χ2n) is 4.90. The average Bonchev–Trinajstić information content (AvgIpc) is 2.48. The van der Waals surface area contributed by atoms with Gasteiger partial charge in [-0.1, -0.05) is 47.8 Å². The molecule has 0 spiro atoms. The van der Waals surface area contributed by atoms with Crippen molar-refractivity contribution in [1.82, 2.24) is 0 Å². The van der Waals surface area contributed by atoms with Crippen molar-refractivity contribution in [3.8, 4) is 5.75 Å². The third kappa shape index (κ3) is 4.65. The van der Waals surface area contributed by atoms with E-state index < -0.39 is 0 Å². The molecule has 0 heterocycles. The lowest BCUT2D eigenvalue weighted by Crippen LogP contribution is -1.97. The van der Waals surface area contributed by atoms with Crippen molar-refractivity contribution in [3.63, 3.8) is 0 Å². The standard InChI is InChI=1S/C17H18Cl2N2O/c1-3-8-22-17-15(18)9-13(10-16(17)19)11-20-21-14-6-4-12(2)5-7-14/h4-7,9-11,21H,3,8H2,1-2H3/b20-11+. The summed E-state index contributed by atoms with van der Waals surface area (Å²) >= 11 is 12.4. The molecular formula is C17H18Cl2N2O. The van der Waals surface area contributed by atoms with Crippen molar-refractivity contribution >= 4 is 35.1 Å². The molecule has 0 amide bonds. The van der Waals surface area contributed by atoms with Gasteiger partial charge in [0.1, 0.15) is 0 Å². The maximum atomic E-state index is 6.19. The number of rotatable bonds is 6. The van der Waals surface area contributed by atoms with Crippen molar-refractivity contribution in [2.24, 2.45) is 5.10 Å². The van der Waals surface area contributed by atoms with Crippen LogP contribution in [0.5, 0.6) is 5.75 Å². The van der Waals surface area contributed by atoms with E-state index in [1.807, 2.05) is 38.1 Å². The van der Waals surface area contributed by atoms with Gasteiger partial charge in [-0.05, 0) is 43.2 Å². The topological polar surface area (TPSA) is 33.6 Å². The summed E-state index contributed by atoms with van der Waals surface area (Å²) < 4.78 is 5.53. The number of aryl methyl sites for hydroxylation is 1. The zero-order chi connectivity index (χ0) is 15.9. The highest BCUT2D eigenvalue weighted by molar-refractivity contribution is 6.37. The second-order valence-corrected chi connectivity index (χ2v) is 5.71. The number of hydrogen-bond donors (Lipinski definition) is 1. The average molecular weight is 337 g/mol. The molecule has 5 heteroatoms. The molecule has 0 aliphatic heterocycles. The van der Waals surface area contributed by atoms with Crippen LogP contribution in [0.15, 0.2) is 41.5 Å². The molecule has 0 atom stereocenters. The Morgan fingerprint density at radius 1 is 1.14 bits per heavy atom. The molecule has 0 unspecified atom stereocenters. The molecule has 2 rings (SSSR count). The lowest BCUT2D eigenvalue weighted by Gasteiger charge is -2.09. The Kier molecular flexibility index (Phi) is 6.10. The Morgan fingerprint density at radius 2 is 1.77 bits per heavy atom. The number of benzene rings is 2. The first-order valence-corrected chi connectivity index (χ1v) is 7.83. The third-order valence-corrected chi connectivity index (χ3v) is 3.49. The van der Waals surface area contributed by atoms with Gasteiger partial charge in [0.2, 0.25) is 0 Å². The molecule has 0 aromatic heterocycles.